The Hall–Kier alpha value is -1.05. The minimum Gasteiger partial charge on any atom is -0.459 e. The van der Waals surface area contributed by atoms with Crippen molar-refractivity contribution >= 4 is 5.97 Å². The number of aliphatic hydroxyl groups is 5. The molecule has 15 heteroatoms. The number of rotatable bonds is 9. The molecule has 0 bridgehead atoms. The summed E-state index contributed by atoms with van der Waals surface area (Å²) in [5.74, 6) is -2.64. The second kappa shape index (κ2) is 19.1. The summed E-state index contributed by atoms with van der Waals surface area (Å²) in [7, 11) is 5.23. The largest absolute Gasteiger partial charge is 0.459 e. The minimum absolute atomic E-state index is 0.124. The summed E-state index contributed by atoms with van der Waals surface area (Å²) < 4.78 is 37.7. The molecular weight excluding hydrogens is 702 g/mol. The summed E-state index contributed by atoms with van der Waals surface area (Å²) in [5.41, 5.74) is 1.45. The molecule has 318 valence electrons. The Balaban J connectivity index is 2.18. The quantitative estimate of drug-likeness (QED) is 0.182. The molecule has 0 unspecified atom stereocenters. The molecule has 0 saturated carbocycles. The van der Waals surface area contributed by atoms with Gasteiger partial charge < -0.3 is 64.6 Å². The fourth-order valence-corrected chi connectivity index (χ4v) is 9.03. The SMILES string of the molecule is CC[C@H]1OC(=O)[C@H](C)[C@@H](O[C@H]2C[C@@](C)(OC)[C@@H](O)[C@H](C)O2)[C@H](C)[C@@H](O[C@@H]2O[C@H](C)C[C@H](N(C)CCN)[C@H]2O)[C@@](C)(O)C[C@@H](C)CN(C)[C@H](C)[C@@H](O)[C@]1(C)O. The van der Waals surface area contributed by atoms with E-state index in [1.807, 2.05) is 44.7 Å². The molecule has 0 aromatic carbocycles. The van der Waals surface area contributed by atoms with Gasteiger partial charge in [0.15, 0.2) is 12.6 Å². The number of likely N-dealkylation sites (N-methyl/N-ethyl adjacent to an activating group) is 2. The van der Waals surface area contributed by atoms with Crippen molar-refractivity contribution in [3.8, 4) is 0 Å². The van der Waals surface area contributed by atoms with Gasteiger partial charge in [-0.15, -0.1) is 0 Å². The topological polar surface area (TPSA) is 206 Å². The Morgan fingerprint density at radius 3 is 2.19 bits per heavy atom. The molecule has 3 fully saturated rings. The molecule has 0 amide bonds. The first-order chi connectivity index (χ1) is 24.9. The van der Waals surface area contributed by atoms with Gasteiger partial charge in [0.2, 0.25) is 0 Å². The second-order valence-corrected chi connectivity index (χ2v) is 17.5. The van der Waals surface area contributed by atoms with Gasteiger partial charge >= 0.3 is 5.97 Å². The number of nitrogens with zero attached hydrogens (tertiary/aromatic N) is 2. The van der Waals surface area contributed by atoms with Gasteiger partial charge in [0.05, 0.1) is 41.5 Å². The van der Waals surface area contributed by atoms with Crippen molar-refractivity contribution in [1.82, 2.24) is 9.80 Å². The molecule has 3 saturated heterocycles. The lowest BCUT2D eigenvalue weighted by molar-refractivity contribution is -0.318. The van der Waals surface area contributed by atoms with E-state index in [0.29, 0.717) is 26.1 Å². The van der Waals surface area contributed by atoms with Crippen LogP contribution in [-0.4, -0.2) is 172 Å². The van der Waals surface area contributed by atoms with Gasteiger partial charge in [0, 0.05) is 51.2 Å². The summed E-state index contributed by atoms with van der Waals surface area (Å²) in [5, 5.41) is 58.5. The summed E-state index contributed by atoms with van der Waals surface area (Å²) in [6.45, 7) is 18.9. The number of carbonyl (C=O) groups excluding carboxylic acids is 1. The van der Waals surface area contributed by atoms with Crippen LogP contribution in [-0.2, 0) is 33.2 Å². The van der Waals surface area contributed by atoms with E-state index in [0.717, 1.165) is 0 Å². The number of ether oxygens (including phenoxy) is 6. The molecule has 0 radical (unpaired) electrons. The first-order valence-corrected chi connectivity index (χ1v) is 19.9. The fourth-order valence-electron chi connectivity index (χ4n) is 9.03. The average Bonchev–Trinajstić information content (AvgIpc) is 3.09. The smallest absolute Gasteiger partial charge is 0.311 e. The van der Waals surface area contributed by atoms with Crippen molar-refractivity contribution in [1.29, 1.82) is 0 Å². The van der Waals surface area contributed by atoms with Gasteiger partial charge in [0.25, 0.3) is 0 Å². The van der Waals surface area contributed by atoms with Gasteiger partial charge in [-0.05, 0) is 87.7 Å². The van der Waals surface area contributed by atoms with Gasteiger partial charge in [-0.2, -0.15) is 0 Å². The summed E-state index contributed by atoms with van der Waals surface area (Å²) in [6, 6.07) is -0.879. The Kier molecular flexibility index (Phi) is 16.8. The first-order valence-electron chi connectivity index (χ1n) is 19.9. The highest BCUT2D eigenvalue weighted by Gasteiger charge is 2.52. The number of carbonyl (C=O) groups is 1. The lowest BCUT2D eigenvalue weighted by Crippen LogP contribution is -2.61. The molecule has 7 N–H and O–H groups in total. The summed E-state index contributed by atoms with van der Waals surface area (Å²) >= 11 is 0. The van der Waals surface area contributed by atoms with Crippen molar-refractivity contribution in [2.24, 2.45) is 23.5 Å². The number of hydrogen-bond donors (Lipinski definition) is 6. The maximum Gasteiger partial charge on any atom is 0.311 e. The molecular formula is C39H75N3O12. The van der Waals surface area contributed by atoms with Crippen LogP contribution in [0.2, 0.25) is 0 Å². The molecule has 0 aliphatic carbocycles. The van der Waals surface area contributed by atoms with Gasteiger partial charge in [-0.25, -0.2) is 0 Å². The van der Waals surface area contributed by atoms with E-state index in [9.17, 15) is 30.3 Å². The molecule has 3 heterocycles. The highest BCUT2D eigenvalue weighted by Crippen LogP contribution is 2.40. The third-order valence-electron chi connectivity index (χ3n) is 12.6. The van der Waals surface area contributed by atoms with Crippen LogP contribution in [0.1, 0.15) is 94.9 Å². The molecule has 0 aromatic heterocycles. The van der Waals surface area contributed by atoms with E-state index in [-0.39, 0.29) is 37.3 Å². The lowest BCUT2D eigenvalue weighted by atomic mass is 9.77. The van der Waals surface area contributed by atoms with E-state index in [4.69, 9.17) is 34.2 Å². The van der Waals surface area contributed by atoms with Crippen LogP contribution < -0.4 is 5.73 Å². The highest BCUT2D eigenvalue weighted by atomic mass is 16.7. The first kappa shape index (κ1) is 47.3. The molecule has 0 spiro atoms. The van der Waals surface area contributed by atoms with Gasteiger partial charge in [0.1, 0.15) is 30.0 Å². The highest BCUT2D eigenvalue weighted by molar-refractivity contribution is 5.73. The van der Waals surface area contributed by atoms with Crippen LogP contribution in [0.5, 0.6) is 0 Å². The second-order valence-electron chi connectivity index (χ2n) is 17.5. The standard InChI is InChI=1S/C39H75N3O12/c1-14-28-39(10,48)32(44)25(6)42(12)20-21(2)18-37(8,47)34(54-36-30(43)27(17-22(3)50-36)41(11)16-15-40)23(4)31(24(5)35(46)52-28)53-29-19-38(9,49-13)33(45)26(7)51-29/h21-34,36,43-45,47-48H,14-20,40H2,1-13H3/t21-,22-,23+,24-,25-,26+,27+,28-,29+,30-,31+,32-,33+,34-,36+,37+,38-,39-/m1/s1. The van der Waals surface area contributed by atoms with Crippen LogP contribution in [0.15, 0.2) is 0 Å². The van der Waals surface area contributed by atoms with Crippen LogP contribution >= 0.6 is 0 Å². The molecule has 3 aliphatic rings. The number of esters is 1. The van der Waals surface area contributed by atoms with Crippen LogP contribution in [0.3, 0.4) is 0 Å². The summed E-state index contributed by atoms with van der Waals surface area (Å²) in [4.78, 5) is 18.1. The van der Waals surface area contributed by atoms with Gasteiger partial charge in [-0.3, -0.25) is 9.69 Å². The normalized spacial score (nSPS) is 48.2. The van der Waals surface area contributed by atoms with Crippen molar-refractivity contribution in [3.05, 3.63) is 0 Å². The van der Waals surface area contributed by atoms with E-state index in [1.165, 1.54) is 14.0 Å². The van der Waals surface area contributed by atoms with Crippen LogP contribution in [0, 0.1) is 17.8 Å². The van der Waals surface area contributed by atoms with E-state index < -0.39 is 96.0 Å². The predicted molar refractivity (Wildman–Crippen MR) is 202 cm³/mol. The molecule has 0 aromatic rings. The van der Waals surface area contributed by atoms with Gasteiger partial charge in [-0.1, -0.05) is 20.8 Å². The molecule has 3 rings (SSSR count). The Labute approximate surface area is 323 Å². The fraction of sp³-hybridized carbons (Fsp3) is 0.974. The van der Waals surface area contributed by atoms with Crippen LogP contribution in [0.25, 0.3) is 0 Å². The number of nitrogens with two attached hydrogens (primary N) is 1. The lowest BCUT2D eigenvalue weighted by Gasteiger charge is -2.49. The number of aliphatic hydroxyl groups excluding tert-OH is 3. The maximum atomic E-state index is 14.2. The monoisotopic (exact) mass is 778 g/mol. The molecule has 54 heavy (non-hydrogen) atoms. The zero-order valence-corrected chi connectivity index (χ0v) is 35.2. The van der Waals surface area contributed by atoms with Crippen molar-refractivity contribution in [2.45, 2.75) is 185 Å². The molecule has 15 nitrogen and oxygen atoms in total. The summed E-state index contributed by atoms with van der Waals surface area (Å²) in [6.07, 6.45) is -8.48. The molecule has 18 atom stereocenters. The zero-order chi connectivity index (χ0) is 41.1. The van der Waals surface area contributed by atoms with Crippen molar-refractivity contribution < 1.29 is 58.7 Å². The average molecular weight is 778 g/mol. The van der Waals surface area contributed by atoms with Crippen LogP contribution in [0.4, 0.5) is 0 Å². The van der Waals surface area contributed by atoms with Crippen molar-refractivity contribution in [2.75, 3.05) is 40.8 Å². The zero-order valence-electron chi connectivity index (χ0n) is 35.2. The molecule has 3 aliphatic heterocycles. The Morgan fingerprint density at radius 2 is 1.61 bits per heavy atom. The number of methoxy groups -OCH3 is 1. The third-order valence-corrected chi connectivity index (χ3v) is 12.6. The number of hydrogen-bond acceptors (Lipinski definition) is 15. The maximum absolute atomic E-state index is 14.2. The Bertz CT molecular complexity index is 1180. The predicted octanol–water partition coefficient (Wildman–Crippen LogP) is 1.23. The van der Waals surface area contributed by atoms with E-state index in [1.54, 1.807) is 41.5 Å². The Morgan fingerprint density at radius 1 is 0.981 bits per heavy atom. The minimum atomic E-state index is -1.81. The van der Waals surface area contributed by atoms with E-state index in [2.05, 4.69) is 0 Å². The van der Waals surface area contributed by atoms with E-state index >= 15 is 0 Å². The van der Waals surface area contributed by atoms with Crippen molar-refractivity contribution in [3.63, 3.8) is 0 Å². The number of cyclic esters (lactones) is 1. The third kappa shape index (κ3) is 10.7.